The van der Waals surface area contributed by atoms with Crippen LogP contribution >= 0.6 is 7.52 Å². The molecule has 0 amide bonds. The van der Waals surface area contributed by atoms with E-state index in [0.29, 0.717) is 23.7 Å². The second-order valence-corrected chi connectivity index (χ2v) is 9.84. The fourth-order valence-corrected chi connectivity index (χ4v) is 6.16. The van der Waals surface area contributed by atoms with Crippen molar-refractivity contribution >= 4 is 13.3 Å². The lowest BCUT2D eigenvalue weighted by Crippen LogP contribution is -2.25. The number of nitrogens with zero attached hydrogens (tertiary/aromatic N) is 2. The molecule has 29 heavy (non-hydrogen) atoms. The molecule has 3 N–H and O–H groups in total. The molecule has 158 valence electrons. The summed E-state index contributed by atoms with van der Waals surface area (Å²) in [6.45, 7) is 9.71. The summed E-state index contributed by atoms with van der Waals surface area (Å²) in [6.07, 6.45) is 1.51. The summed E-state index contributed by atoms with van der Waals surface area (Å²) >= 11 is 0. The van der Waals surface area contributed by atoms with E-state index in [1.165, 1.54) is 7.11 Å². The lowest BCUT2D eigenvalue weighted by Gasteiger charge is -2.26. The average Bonchev–Trinajstić information content (AvgIpc) is 2.92. The van der Waals surface area contributed by atoms with Crippen molar-refractivity contribution in [1.82, 2.24) is 15.1 Å². The Kier molecular flexibility index (Phi) is 6.17. The third-order valence-electron chi connectivity index (χ3n) is 5.24. The van der Waals surface area contributed by atoms with Crippen LogP contribution in [0.4, 0.5) is 5.82 Å². The molecule has 1 aliphatic rings. The number of phenols is 1. The van der Waals surface area contributed by atoms with E-state index < -0.39 is 13.2 Å². The largest absolute Gasteiger partial charge is 0.504 e. The highest BCUT2D eigenvalue weighted by molar-refractivity contribution is 7.57. The molecule has 2 aromatic rings. The van der Waals surface area contributed by atoms with Crippen molar-refractivity contribution in [3.8, 4) is 11.5 Å². The molecule has 1 aromatic heterocycles. The van der Waals surface area contributed by atoms with Gasteiger partial charge in [0.25, 0.3) is 7.52 Å². The van der Waals surface area contributed by atoms with Gasteiger partial charge < -0.3 is 19.7 Å². The molecule has 1 fully saturated rings. The van der Waals surface area contributed by atoms with Crippen LogP contribution in [0.1, 0.15) is 42.0 Å². The number of aryl methyl sites for hydroxylation is 3. The maximum atomic E-state index is 13.8. The van der Waals surface area contributed by atoms with Gasteiger partial charge in [0, 0.05) is 12.6 Å². The smallest absolute Gasteiger partial charge is 0.279 e. The second-order valence-electron chi connectivity index (χ2n) is 7.56. The third kappa shape index (κ3) is 4.39. The van der Waals surface area contributed by atoms with Gasteiger partial charge >= 0.3 is 0 Å². The molecule has 1 saturated heterocycles. The predicted octanol–water partition coefficient (Wildman–Crippen LogP) is 3.86. The highest BCUT2D eigenvalue weighted by atomic mass is 31.2. The molecule has 0 radical (unpaired) electrons. The highest BCUT2D eigenvalue weighted by Gasteiger charge is 2.45. The number of methoxy groups -OCH3 is 1. The Bertz CT molecular complexity index is 938. The Morgan fingerprint density at radius 2 is 2.07 bits per heavy atom. The highest BCUT2D eigenvalue weighted by Crippen LogP contribution is 2.61. The van der Waals surface area contributed by atoms with Crippen LogP contribution in [0.3, 0.4) is 0 Å². The van der Waals surface area contributed by atoms with Crippen molar-refractivity contribution in [3.05, 3.63) is 40.8 Å². The summed E-state index contributed by atoms with van der Waals surface area (Å²) in [5.74, 6) is 1.04. The van der Waals surface area contributed by atoms with Gasteiger partial charge in [0.05, 0.1) is 36.5 Å². The van der Waals surface area contributed by atoms with Crippen molar-refractivity contribution in [2.24, 2.45) is 0 Å². The van der Waals surface area contributed by atoms with Crippen molar-refractivity contribution in [3.63, 3.8) is 0 Å². The van der Waals surface area contributed by atoms with Crippen molar-refractivity contribution in [1.29, 1.82) is 0 Å². The molecule has 1 aliphatic heterocycles. The van der Waals surface area contributed by atoms with Gasteiger partial charge in [-0.3, -0.25) is 9.55 Å². The molecule has 4 atom stereocenters. The minimum absolute atomic E-state index is 0.0376. The first-order chi connectivity index (χ1) is 13.6. The van der Waals surface area contributed by atoms with Gasteiger partial charge in [0.1, 0.15) is 5.82 Å². The van der Waals surface area contributed by atoms with E-state index in [-0.39, 0.29) is 17.9 Å². The van der Waals surface area contributed by atoms with Gasteiger partial charge in [-0.25, -0.2) is 10.1 Å². The number of phenolic OH excluding ortho intramolecular Hbond substituents is 1. The van der Waals surface area contributed by atoms with Gasteiger partial charge in [0.2, 0.25) is 0 Å². The zero-order valence-electron chi connectivity index (χ0n) is 17.7. The van der Waals surface area contributed by atoms with Crippen LogP contribution in [0.5, 0.6) is 11.5 Å². The molecule has 8 nitrogen and oxygen atoms in total. The van der Waals surface area contributed by atoms with E-state index in [2.05, 4.69) is 20.4 Å². The van der Waals surface area contributed by atoms with Gasteiger partial charge in [-0.05, 0) is 51.8 Å². The number of hydrogen-bond donors (Lipinski definition) is 3. The number of aromatic nitrogens is 2. The summed E-state index contributed by atoms with van der Waals surface area (Å²) in [6, 6.07) is 3.49. The average molecular weight is 420 g/mol. The lowest BCUT2D eigenvalue weighted by molar-refractivity contribution is 0.235. The number of benzene rings is 1. The molecular weight excluding hydrogens is 391 g/mol. The molecule has 1 aromatic carbocycles. The van der Waals surface area contributed by atoms with Gasteiger partial charge in [-0.2, -0.15) is 0 Å². The van der Waals surface area contributed by atoms with E-state index in [4.69, 9.17) is 9.26 Å². The SMILES string of the molecule is COc1cc(C(CNc2ncc(C)nc2C)P2(=O)N[C@@H](C)[C@H](C)O2)cc(C)c1O. The van der Waals surface area contributed by atoms with Crippen LogP contribution in [0.25, 0.3) is 0 Å². The van der Waals surface area contributed by atoms with E-state index in [0.717, 1.165) is 17.0 Å². The van der Waals surface area contributed by atoms with Crippen LogP contribution in [0.2, 0.25) is 0 Å². The predicted molar refractivity (Wildman–Crippen MR) is 113 cm³/mol. The first-order valence-corrected chi connectivity index (χ1v) is 11.3. The molecule has 9 heteroatoms. The number of hydrogen-bond acceptors (Lipinski definition) is 7. The van der Waals surface area contributed by atoms with Crippen LogP contribution in [-0.4, -0.2) is 40.9 Å². The number of rotatable bonds is 6. The van der Waals surface area contributed by atoms with Crippen LogP contribution in [0.15, 0.2) is 18.3 Å². The van der Waals surface area contributed by atoms with Crippen LogP contribution < -0.4 is 15.1 Å². The first-order valence-electron chi connectivity index (χ1n) is 9.62. The number of aromatic hydroxyl groups is 1. The first kappa shape index (κ1) is 21.6. The van der Waals surface area contributed by atoms with Crippen LogP contribution in [0, 0.1) is 20.8 Å². The molecule has 2 unspecified atom stereocenters. The summed E-state index contributed by atoms with van der Waals surface area (Å²) in [7, 11) is -1.75. The van der Waals surface area contributed by atoms with Crippen LogP contribution in [-0.2, 0) is 9.09 Å². The lowest BCUT2D eigenvalue weighted by atomic mass is 10.1. The quantitative estimate of drug-likeness (QED) is 0.605. The standard InChI is InChI=1S/C20H29N4O4P/c1-11-7-16(8-17(27-6)19(11)25)18(29(26)24-13(3)15(5)28-29)10-22-20-14(4)23-12(2)9-21-20/h7-9,13,15,18,25H,10H2,1-6H3,(H,21,22)(H,24,26)/t13-,15-,18?,29?/m0/s1. The number of nitrogens with one attached hydrogen (secondary N) is 2. The minimum Gasteiger partial charge on any atom is -0.504 e. The molecular formula is C20H29N4O4P. The van der Waals surface area contributed by atoms with Gasteiger partial charge in [-0.15, -0.1) is 0 Å². The fourth-order valence-electron chi connectivity index (χ4n) is 3.44. The summed E-state index contributed by atoms with van der Waals surface area (Å²) in [4.78, 5) is 8.82. The molecule has 0 saturated carbocycles. The molecule has 2 heterocycles. The molecule has 0 spiro atoms. The topological polar surface area (TPSA) is 106 Å². The molecule has 0 bridgehead atoms. The Hall–Kier alpha value is -2.15. The Morgan fingerprint density at radius 1 is 1.34 bits per heavy atom. The fraction of sp³-hybridized carbons (Fsp3) is 0.500. The summed E-state index contributed by atoms with van der Waals surface area (Å²) in [5, 5.41) is 16.6. The van der Waals surface area contributed by atoms with Crippen molar-refractivity contribution in [2.45, 2.75) is 52.4 Å². The Morgan fingerprint density at radius 3 is 2.66 bits per heavy atom. The number of ether oxygens (including phenoxy) is 1. The zero-order valence-corrected chi connectivity index (χ0v) is 18.6. The van der Waals surface area contributed by atoms with E-state index in [9.17, 15) is 9.67 Å². The summed E-state index contributed by atoms with van der Waals surface area (Å²) < 4.78 is 25.0. The maximum absolute atomic E-state index is 13.8. The van der Waals surface area contributed by atoms with E-state index >= 15 is 0 Å². The number of anilines is 1. The van der Waals surface area contributed by atoms with E-state index in [1.54, 1.807) is 19.2 Å². The molecule has 3 rings (SSSR count). The zero-order chi connectivity index (χ0) is 21.3. The Labute approximate surface area is 171 Å². The maximum Gasteiger partial charge on any atom is 0.279 e. The van der Waals surface area contributed by atoms with Gasteiger partial charge in [0.15, 0.2) is 11.5 Å². The Balaban J connectivity index is 1.99. The summed E-state index contributed by atoms with van der Waals surface area (Å²) in [5.41, 5.74) is 2.48. The van der Waals surface area contributed by atoms with Gasteiger partial charge in [-0.1, -0.05) is 6.07 Å². The second kappa shape index (κ2) is 8.30. The monoisotopic (exact) mass is 420 g/mol. The molecule has 0 aliphatic carbocycles. The minimum atomic E-state index is -3.24. The van der Waals surface area contributed by atoms with Crippen molar-refractivity contribution < 1.29 is 18.9 Å². The third-order valence-corrected chi connectivity index (χ3v) is 7.96. The van der Waals surface area contributed by atoms with Crippen molar-refractivity contribution in [2.75, 3.05) is 19.0 Å². The van der Waals surface area contributed by atoms with E-state index in [1.807, 2.05) is 33.8 Å². The normalized spacial score (nSPS) is 25.0.